The van der Waals surface area contributed by atoms with Gasteiger partial charge in [0, 0.05) is 16.8 Å². The molecular formula is C19H21NO4S2. The summed E-state index contributed by atoms with van der Waals surface area (Å²) in [4.78, 5) is 0. The molecule has 0 saturated heterocycles. The van der Waals surface area contributed by atoms with Crippen LogP contribution in [0.15, 0.2) is 53.9 Å². The van der Waals surface area contributed by atoms with E-state index >= 15 is 0 Å². The summed E-state index contributed by atoms with van der Waals surface area (Å²) in [6.07, 6.45) is -0.474. The largest absolute Gasteiger partial charge is 0.497 e. The van der Waals surface area contributed by atoms with Gasteiger partial charge in [-0.25, -0.2) is 13.1 Å². The maximum Gasteiger partial charge on any atom is 0.212 e. The lowest BCUT2D eigenvalue weighted by atomic mass is 10.1. The number of nitrogens with one attached hydrogen (secondary N) is 1. The summed E-state index contributed by atoms with van der Waals surface area (Å²) in [7, 11) is -1.88. The number of hydrogen-bond donors (Lipinski definition) is 2. The molecule has 26 heavy (non-hydrogen) atoms. The summed E-state index contributed by atoms with van der Waals surface area (Å²) in [5, 5.41) is 13.2. The molecule has 2 N–H and O–H groups in total. The SMILES string of the molecule is COc1ccc(CCS(=O)(=O)NC[C@H](O)c2csc3ccccc23)cc1. The van der Waals surface area contributed by atoms with Crippen LogP contribution >= 0.6 is 11.3 Å². The van der Waals surface area contributed by atoms with Crippen LogP contribution in [0.2, 0.25) is 0 Å². The maximum absolute atomic E-state index is 12.2. The number of fused-ring (bicyclic) bond motifs is 1. The zero-order chi connectivity index (χ0) is 18.6. The highest BCUT2D eigenvalue weighted by Crippen LogP contribution is 2.29. The van der Waals surface area contributed by atoms with Crippen molar-refractivity contribution in [2.24, 2.45) is 0 Å². The van der Waals surface area contributed by atoms with E-state index in [1.807, 2.05) is 41.8 Å². The molecule has 0 aliphatic heterocycles. The highest BCUT2D eigenvalue weighted by molar-refractivity contribution is 7.89. The number of aliphatic hydroxyl groups is 1. The Morgan fingerprint density at radius 3 is 2.62 bits per heavy atom. The van der Waals surface area contributed by atoms with Gasteiger partial charge >= 0.3 is 0 Å². The minimum atomic E-state index is -3.47. The van der Waals surface area contributed by atoms with Crippen molar-refractivity contribution in [3.05, 3.63) is 65.0 Å². The average Bonchev–Trinajstić information content (AvgIpc) is 3.09. The number of methoxy groups -OCH3 is 1. The molecule has 0 aliphatic rings. The van der Waals surface area contributed by atoms with Crippen LogP contribution in [0.3, 0.4) is 0 Å². The van der Waals surface area contributed by atoms with Crippen molar-refractivity contribution < 1.29 is 18.3 Å². The summed E-state index contributed by atoms with van der Waals surface area (Å²) in [6, 6.07) is 15.1. The summed E-state index contributed by atoms with van der Waals surface area (Å²) < 4.78 is 33.1. The Morgan fingerprint density at radius 1 is 1.15 bits per heavy atom. The molecule has 1 heterocycles. The summed E-state index contributed by atoms with van der Waals surface area (Å²) >= 11 is 1.54. The Balaban J connectivity index is 1.57. The van der Waals surface area contributed by atoms with Crippen LogP contribution in [0.25, 0.3) is 10.1 Å². The fourth-order valence-corrected chi connectivity index (χ4v) is 4.76. The van der Waals surface area contributed by atoms with Crippen molar-refractivity contribution in [3.63, 3.8) is 0 Å². The third kappa shape index (κ3) is 4.62. The predicted molar refractivity (Wildman–Crippen MR) is 105 cm³/mol. The van der Waals surface area contributed by atoms with E-state index in [1.54, 1.807) is 19.2 Å². The first-order valence-corrected chi connectivity index (χ1v) is 10.8. The standard InChI is InChI=1S/C19H21NO4S2/c1-24-15-8-6-14(7-9-15)10-11-26(22,23)20-12-18(21)17-13-25-19-5-3-2-4-16(17)19/h2-9,13,18,20-21H,10-12H2,1H3/t18-/m0/s1. The molecule has 138 valence electrons. The minimum Gasteiger partial charge on any atom is -0.497 e. The van der Waals surface area contributed by atoms with Gasteiger partial charge in [-0.3, -0.25) is 0 Å². The molecule has 5 nitrogen and oxygen atoms in total. The van der Waals surface area contributed by atoms with E-state index in [1.165, 1.54) is 11.3 Å². The minimum absolute atomic E-state index is 0.0313. The van der Waals surface area contributed by atoms with Gasteiger partial charge in [-0.2, -0.15) is 0 Å². The van der Waals surface area contributed by atoms with E-state index in [9.17, 15) is 13.5 Å². The van der Waals surface area contributed by atoms with Crippen LogP contribution < -0.4 is 9.46 Å². The van der Waals surface area contributed by atoms with Crippen LogP contribution in [-0.2, 0) is 16.4 Å². The molecule has 0 fully saturated rings. The second kappa shape index (κ2) is 8.18. The second-order valence-electron chi connectivity index (χ2n) is 5.97. The number of thiophene rings is 1. The molecule has 2 aromatic carbocycles. The van der Waals surface area contributed by atoms with E-state index in [-0.39, 0.29) is 12.3 Å². The molecule has 0 saturated carbocycles. The smallest absolute Gasteiger partial charge is 0.212 e. The number of hydrogen-bond acceptors (Lipinski definition) is 5. The number of aliphatic hydroxyl groups excluding tert-OH is 1. The highest BCUT2D eigenvalue weighted by atomic mass is 32.2. The first kappa shape index (κ1) is 18.8. The summed E-state index contributed by atoms with van der Waals surface area (Å²) in [5.74, 6) is 0.706. The van der Waals surface area contributed by atoms with Gasteiger partial charge in [-0.15, -0.1) is 11.3 Å². The van der Waals surface area contributed by atoms with Gasteiger partial charge in [0.2, 0.25) is 10.0 Å². The fraction of sp³-hybridized carbons (Fsp3) is 0.263. The number of ether oxygens (including phenoxy) is 1. The van der Waals surface area contributed by atoms with Gasteiger partial charge in [0.15, 0.2) is 0 Å². The molecule has 3 aromatic rings. The number of aryl methyl sites for hydroxylation is 1. The van der Waals surface area contributed by atoms with Crippen LogP contribution in [0.5, 0.6) is 5.75 Å². The molecule has 0 amide bonds. The third-order valence-electron chi connectivity index (χ3n) is 4.19. The van der Waals surface area contributed by atoms with E-state index in [0.29, 0.717) is 6.42 Å². The highest BCUT2D eigenvalue weighted by Gasteiger charge is 2.17. The van der Waals surface area contributed by atoms with Crippen LogP contribution in [0.1, 0.15) is 17.2 Å². The first-order chi connectivity index (χ1) is 12.5. The molecule has 0 radical (unpaired) electrons. The van der Waals surface area contributed by atoms with Crippen molar-refractivity contribution in [1.29, 1.82) is 0 Å². The molecule has 0 unspecified atom stereocenters. The fourth-order valence-electron chi connectivity index (χ4n) is 2.69. The first-order valence-electron chi connectivity index (χ1n) is 8.23. The Labute approximate surface area is 157 Å². The van der Waals surface area contributed by atoms with Gasteiger partial charge in [-0.1, -0.05) is 30.3 Å². The molecular weight excluding hydrogens is 370 g/mol. The summed E-state index contributed by atoms with van der Waals surface area (Å²) in [6.45, 7) is -0.0360. The van der Waals surface area contributed by atoms with Crippen molar-refractivity contribution in [2.45, 2.75) is 12.5 Å². The zero-order valence-electron chi connectivity index (χ0n) is 14.4. The molecule has 1 aromatic heterocycles. The molecule has 1 atom stereocenters. The second-order valence-corrected chi connectivity index (χ2v) is 8.81. The van der Waals surface area contributed by atoms with Gasteiger partial charge in [0.1, 0.15) is 5.75 Å². The van der Waals surface area contributed by atoms with Gasteiger partial charge in [-0.05, 0) is 40.9 Å². The molecule has 0 bridgehead atoms. The van der Waals surface area contributed by atoms with E-state index < -0.39 is 16.1 Å². The number of benzene rings is 2. The monoisotopic (exact) mass is 391 g/mol. The van der Waals surface area contributed by atoms with Crippen molar-refractivity contribution in [2.75, 3.05) is 19.4 Å². The topological polar surface area (TPSA) is 75.6 Å². The Hall–Kier alpha value is -1.93. The van der Waals surface area contributed by atoms with Crippen molar-refractivity contribution in [1.82, 2.24) is 4.72 Å². The van der Waals surface area contributed by atoms with Crippen molar-refractivity contribution >= 4 is 31.4 Å². The number of sulfonamides is 1. The number of rotatable bonds is 8. The van der Waals surface area contributed by atoms with Crippen LogP contribution in [0, 0.1) is 0 Å². The lowest BCUT2D eigenvalue weighted by Gasteiger charge is -2.12. The van der Waals surface area contributed by atoms with Gasteiger partial charge < -0.3 is 9.84 Å². The Bertz CT molecular complexity index is 965. The van der Waals surface area contributed by atoms with Crippen LogP contribution in [-0.4, -0.2) is 32.9 Å². The van der Waals surface area contributed by atoms with Crippen LogP contribution in [0.4, 0.5) is 0 Å². The van der Waals surface area contributed by atoms with Crippen molar-refractivity contribution in [3.8, 4) is 5.75 Å². The average molecular weight is 392 g/mol. The Morgan fingerprint density at radius 2 is 1.88 bits per heavy atom. The third-order valence-corrected chi connectivity index (χ3v) is 6.51. The van der Waals surface area contributed by atoms with Gasteiger partial charge in [0.25, 0.3) is 0 Å². The lowest BCUT2D eigenvalue weighted by molar-refractivity contribution is 0.184. The van der Waals surface area contributed by atoms with E-state index in [2.05, 4.69) is 4.72 Å². The normalized spacial score (nSPS) is 13.0. The maximum atomic E-state index is 12.2. The zero-order valence-corrected chi connectivity index (χ0v) is 16.0. The molecule has 0 spiro atoms. The summed E-state index contributed by atoms with van der Waals surface area (Å²) in [5.41, 5.74) is 1.67. The molecule has 3 rings (SSSR count). The molecule has 0 aliphatic carbocycles. The van der Waals surface area contributed by atoms with Gasteiger partial charge in [0.05, 0.1) is 19.0 Å². The Kier molecular flexibility index (Phi) is 5.93. The van der Waals surface area contributed by atoms with E-state index in [4.69, 9.17) is 4.74 Å². The quantitative estimate of drug-likeness (QED) is 0.619. The lowest BCUT2D eigenvalue weighted by Crippen LogP contribution is -2.31. The van der Waals surface area contributed by atoms with E-state index in [0.717, 1.165) is 27.0 Å². The predicted octanol–water partition coefficient (Wildman–Crippen LogP) is 3.11. The molecule has 7 heteroatoms.